The molecule has 0 unspecified atom stereocenters. The molecule has 0 fully saturated rings. The molecule has 1 heterocycles. The molecule has 1 aromatic heterocycles. The summed E-state index contributed by atoms with van der Waals surface area (Å²) in [5.74, 6) is 1.69. The molecule has 0 saturated carbocycles. The highest BCUT2D eigenvalue weighted by Gasteiger charge is 2.15. The molecule has 0 spiro atoms. The molecule has 0 aliphatic rings. The van der Waals surface area contributed by atoms with Crippen LogP contribution in [0, 0.1) is 6.92 Å². The highest BCUT2D eigenvalue weighted by Crippen LogP contribution is 2.30. The molecule has 1 aromatic carbocycles. The summed E-state index contributed by atoms with van der Waals surface area (Å²) in [6.07, 6.45) is 1.61. The summed E-state index contributed by atoms with van der Waals surface area (Å²) in [7, 11) is 6.85. The number of hydrogen-bond donors (Lipinski definition) is 0. The summed E-state index contributed by atoms with van der Waals surface area (Å²) in [5.41, 5.74) is 2.07. The normalized spacial score (nSPS) is 10.5. The molecule has 0 saturated heterocycles. The first kappa shape index (κ1) is 18.1. The van der Waals surface area contributed by atoms with Crippen molar-refractivity contribution in [1.82, 2.24) is 19.7 Å². The average molecular weight is 350 g/mol. The molecule has 130 valence electrons. The van der Waals surface area contributed by atoms with Gasteiger partial charge in [-0.15, -0.1) is 10.2 Å². The van der Waals surface area contributed by atoms with E-state index in [0.717, 1.165) is 16.3 Å². The summed E-state index contributed by atoms with van der Waals surface area (Å²) >= 11 is 1.37. The van der Waals surface area contributed by atoms with Gasteiger partial charge in [-0.3, -0.25) is 4.79 Å². The molecule has 0 atom stereocenters. The van der Waals surface area contributed by atoms with Crippen LogP contribution in [0.5, 0.6) is 11.5 Å². The summed E-state index contributed by atoms with van der Waals surface area (Å²) in [5, 5.41) is 8.48. The topological polar surface area (TPSA) is 69.5 Å². The molecule has 0 aliphatic carbocycles. The highest BCUT2D eigenvalue weighted by molar-refractivity contribution is 7.99. The number of ether oxygens (including phenoxy) is 2. The van der Waals surface area contributed by atoms with E-state index in [1.165, 1.54) is 11.8 Å². The van der Waals surface area contributed by atoms with E-state index in [0.29, 0.717) is 23.8 Å². The van der Waals surface area contributed by atoms with Gasteiger partial charge in [-0.05, 0) is 30.2 Å². The lowest BCUT2D eigenvalue weighted by Gasteiger charge is -2.19. The van der Waals surface area contributed by atoms with Gasteiger partial charge in [-0.25, -0.2) is 0 Å². The van der Waals surface area contributed by atoms with Crippen molar-refractivity contribution < 1.29 is 14.3 Å². The van der Waals surface area contributed by atoms with Crippen LogP contribution >= 0.6 is 11.8 Å². The predicted molar refractivity (Wildman–Crippen MR) is 92.5 cm³/mol. The Morgan fingerprint density at radius 2 is 1.96 bits per heavy atom. The molecule has 0 radical (unpaired) electrons. The number of aryl methyl sites for hydroxylation is 2. The molecule has 8 heteroatoms. The first-order valence-corrected chi connectivity index (χ1v) is 8.37. The number of amides is 1. The van der Waals surface area contributed by atoms with E-state index in [4.69, 9.17) is 9.47 Å². The van der Waals surface area contributed by atoms with Gasteiger partial charge in [0.15, 0.2) is 16.7 Å². The molecule has 1 amide bonds. The summed E-state index contributed by atoms with van der Waals surface area (Å²) in [6, 6.07) is 3.83. The number of hydrogen-bond acceptors (Lipinski definition) is 6. The minimum absolute atomic E-state index is 0.0252. The minimum atomic E-state index is 0.0252. The number of nitrogens with zero attached hydrogens (tertiary/aromatic N) is 4. The fourth-order valence-electron chi connectivity index (χ4n) is 2.18. The van der Waals surface area contributed by atoms with Gasteiger partial charge in [0.05, 0.1) is 20.0 Å². The SMILES string of the molecule is COc1cc(C)c(CN(C)C(=O)CSc2nncn2C)cc1OC. The number of carbonyl (C=O) groups excluding carboxylic acids is 1. The Balaban J connectivity index is 2.02. The number of thioether (sulfide) groups is 1. The quantitative estimate of drug-likeness (QED) is 0.710. The van der Waals surface area contributed by atoms with Crippen LogP contribution < -0.4 is 9.47 Å². The third-order valence-corrected chi connectivity index (χ3v) is 4.69. The van der Waals surface area contributed by atoms with Crippen LogP contribution in [-0.4, -0.2) is 52.6 Å². The lowest BCUT2D eigenvalue weighted by atomic mass is 10.1. The largest absolute Gasteiger partial charge is 0.493 e. The van der Waals surface area contributed by atoms with E-state index in [1.807, 2.05) is 26.1 Å². The molecule has 7 nitrogen and oxygen atoms in total. The van der Waals surface area contributed by atoms with Crippen molar-refractivity contribution in [3.05, 3.63) is 29.6 Å². The number of rotatable bonds is 7. The van der Waals surface area contributed by atoms with Crippen molar-refractivity contribution in [3.63, 3.8) is 0 Å². The van der Waals surface area contributed by atoms with Crippen LogP contribution in [0.1, 0.15) is 11.1 Å². The second-order valence-electron chi connectivity index (χ2n) is 5.40. The van der Waals surface area contributed by atoms with Crippen LogP contribution in [0.25, 0.3) is 0 Å². The van der Waals surface area contributed by atoms with E-state index < -0.39 is 0 Å². The van der Waals surface area contributed by atoms with Crippen molar-refractivity contribution >= 4 is 17.7 Å². The fourth-order valence-corrected chi connectivity index (χ4v) is 3.01. The Hall–Kier alpha value is -2.22. The summed E-state index contributed by atoms with van der Waals surface area (Å²) < 4.78 is 12.4. The van der Waals surface area contributed by atoms with Crippen molar-refractivity contribution in [3.8, 4) is 11.5 Å². The van der Waals surface area contributed by atoms with Crippen molar-refractivity contribution in [2.24, 2.45) is 7.05 Å². The number of methoxy groups -OCH3 is 2. The highest BCUT2D eigenvalue weighted by atomic mass is 32.2. The summed E-state index contributed by atoms with van der Waals surface area (Å²) in [6.45, 7) is 2.49. The first-order valence-electron chi connectivity index (χ1n) is 7.38. The van der Waals surface area contributed by atoms with Gasteiger partial charge in [0.1, 0.15) is 6.33 Å². The predicted octanol–water partition coefficient (Wildman–Crippen LogP) is 1.89. The van der Waals surface area contributed by atoms with Gasteiger partial charge in [0.2, 0.25) is 5.91 Å². The number of aromatic nitrogens is 3. The second kappa shape index (κ2) is 8.05. The molecule has 2 rings (SSSR count). The van der Waals surface area contributed by atoms with E-state index >= 15 is 0 Å². The minimum Gasteiger partial charge on any atom is -0.493 e. The Kier molecular flexibility index (Phi) is 6.08. The van der Waals surface area contributed by atoms with Crippen LogP contribution in [0.15, 0.2) is 23.6 Å². The van der Waals surface area contributed by atoms with E-state index in [1.54, 1.807) is 37.1 Å². The zero-order valence-corrected chi connectivity index (χ0v) is 15.4. The molecular weight excluding hydrogens is 328 g/mol. The van der Waals surface area contributed by atoms with Crippen LogP contribution in [-0.2, 0) is 18.4 Å². The Morgan fingerprint density at radius 3 is 2.54 bits per heavy atom. The Morgan fingerprint density at radius 1 is 1.29 bits per heavy atom. The van der Waals surface area contributed by atoms with Gasteiger partial charge in [0, 0.05) is 20.6 Å². The Labute approximate surface area is 146 Å². The standard InChI is InChI=1S/C16H22N4O3S/c1-11-6-13(22-4)14(23-5)7-12(11)8-19(2)15(21)9-24-16-18-17-10-20(16)3/h6-7,10H,8-9H2,1-5H3. The van der Waals surface area contributed by atoms with Gasteiger partial charge >= 0.3 is 0 Å². The lowest BCUT2D eigenvalue weighted by molar-refractivity contribution is -0.127. The Bertz CT molecular complexity index is 717. The van der Waals surface area contributed by atoms with E-state index in [9.17, 15) is 4.79 Å². The lowest BCUT2D eigenvalue weighted by Crippen LogP contribution is -2.28. The van der Waals surface area contributed by atoms with Crippen molar-refractivity contribution in [2.45, 2.75) is 18.6 Å². The number of benzene rings is 1. The molecule has 2 aromatic rings. The maximum atomic E-state index is 12.3. The zero-order chi connectivity index (χ0) is 17.7. The first-order chi connectivity index (χ1) is 11.5. The fraction of sp³-hybridized carbons (Fsp3) is 0.438. The van der Waals surface area contributed by atoms with Crippen molar-refractivity contribution in [1.29, 1.82) is 0 Å². The molecular formula is C16H22N4O3S. The number of carbonyl (C=O) groups is 1. The molecule has 0 bridgehead atoms. The van der Waals surface area contributed by atoms with Crippen LogP contribution in [0.2, 0.25) is 0 Å². The van der Waals surface area contributed by atoms with Crippen molar-refractivity contribution in [2.75, 3.05) is 27.0 Å². The van der Waals surface area contributed by atoms with Gasteiger partial charge in [-0.2, -0.15) is 0 Å². The van der Waals surface area contributed by atoms with E-state index in [-0.39, 0.29) is 5.91 Å². The third kappa shape index (κ3) is 4.19. The zero-order valence-electron chi connectivity index (χ0n) is 14.6. The molecule has 24 heavy (non-hydrogen) atoms. The maximum absolute atomic E-state index is 12.3. The maximum Gasteiger partial charge on any atom is 0.233 e. The second-order valence-corrected chi connectivity index (χ2v) is 6.34. The van der Waals surface area contributed by atoms with Gasteiger partial charge in [-0.1, -0.05) is 11.8 Å². The average Bonchev–Trinajstić information content (AvgIpc) is 2.98. The monoisotopic (exact) mass is 350 g/mol. The van der Waals surface area contributed by atoms with Gasteiger partial charge < -0.3 is 18.9 Å². The van der Waals surface area contributed by atoms with Crippen LogP contribution in [0.4, 0.5) is 0 Å². The van der Waals surface area contributed by atoms with E-state index in [2.05, 4.69) is 10.2 Å². The van der Waals surface area contributed by atoms with Crippen LogP contribution in [0.3, 0.4) is 0 Å². The van der Waals surface area contributed by atoms with Gasteiger partial charge in [0.25, 0.3) is 0 Å². The third-order valence-electron chi connectivity index (χ3n) is 3.67. The molecule has 0 aliphatic heterocycles. The molecule has 0 N–H and O–H groups in total. The summed E-state index contributed by atoms with van der Waals surface area (Å²) in [4.78, 5) is 14.0. The smallest absolute Gasteiger partial charge is 0.233 e.